The lowest BCUT2D eigenvalue weighted by atomic mass is 10.1. The number of rotatable bonds is 5. The average Bonchev–Trinajstić information content (AvgIpc) is 2.59. The highest BCUT2D eigenvalue weighted by atomic mass is 35.5. The smallest absolute Gasteiger partial charge is 0.175 e. The fourth-order valence-corrected chi connectivity index (χ4v) is 2.26. The highest BCUT2D eigenvalue weighted by Gasteiger charge is 2.12. The summed E-state index contributed by atoms with van der Waals surface area (Å²) in [5.41, 5.74) is 3.52. The lowest BCUT2D eigenvalue weighted by Crippen LogP contribution is -2.29. The number of oxime groups is 1. The van der Waals surface area contributed by atoms with Gasteiger partial charge in [-0.05, 0) is 17.7 Å². The van der Waals surface area contributed by atoms with Crippen molar-refractivity contribution in [3.8, 4) is 5.75 Å². The maximum atomic E-state index is 9.28. The second kappa shape index (κ2) is 8.17. The molecule has 0 bridgehead atoms. The number of benzene rings is 2. The van der Waals surface area contributed by atoms with Crippen molar-refractivity contribution in [2.75, 3.05) is 7.11 Å². The number of hydrogen-bond acceptors (Lipinski definition) is 5. The van der Waals surface area contributed by atoms with E-state index in [2.05, 4.69) is 10.1 Å². The molecule has 2 aromatic carbocycles. The fraction of sp³-hybridized carbons (Fsp3) is 0.125. The Morgan fingerprint density at radius 1 is 1.22 bits per heavy atom. The van der Waals surface area contributed by atoms with Crippen molar-refractivity contribution < 1.29 is 15.2 Å². The minimum Gasteiger partial charge on any atom is -0.495 e. The van der Waals surface area contributed by atoms with E-state index >= 15 is 0 Å². The Morgan fingerprint density at radius 2 is 1.96 bits per heavy atom. The first-order valence-corrected chi connectivity index (χ1v) is 7.12. The second-order valence-corrected chi connectivity index (χ2v) is 4.97. The summed E-state index contributed by atoms with van der Waals surface area (Å²) in [6.07, 6.45) is 0. The van der Waals surface area contributed by atoms with Crippen molar-refractivity contribution in [3.05, 3.63) is 64.7 Å². The number of nitrogens with one attached hydrogen (secondary N) is 1. The molecule has 0 aromatic heterocycles. The van der Waals surface area contributed by atoms with E-state index in [-0.39, 0.29) is 18.1 Å². The van der Waals surface area contributed by atoms with Crippen LogP contribution in [0.1, 0.15) is 11.1 Å². The Labute approximate surface area is 138 Å². The number of hydrogen-bond donors (Lipinski definition) is 3. The summed E-state index contributed by atoms with van der Waals surface area (Å²) in [7, 11) is 1.54. The predicted molar refractivity (Wildman–Crippen MR) is 88.8 cm³/mol. The molecule has 3 N–H and O–H groups in total. The number of methoxy groups -OCH3 is 1. The standard InChI is InChI=1S/C16H16ClN3O3/c1-23-14-8-7-11(9-13(14)17)10-18-16(20-22)15(19-21)12-5-3-2-4-6-12/h2-9,21-22H,10H2,1H3,(H,18,20). The molecule has 0 aliphatic carbocycles. The van der Waals surface area contributed by atoms with Gasteiger partial charge in [-0.25, -0.2) is 0 Å². The van der Waals surface area contributed by atoms with Gasteiger partial charge in [-0.15, -0.1) is 0 Å². The van der Waals surface area contributed by atoms with Crippen LogP contribution in [0.4, 0.5) is 0 Å². The Kier molecular flexibility index (Phi) is 5.96. The highest BCUT2D eigenvalue weighted by molar-refractivity contribution is 6.47. The van der Waals surface area contributed by atoms with E-state index in [9.17, 15) is 10.4 Å². The van der Waals surface area contributed by atoms with Gasteiger partial charge in [0.25, 0.3) is 0 Å². The van der Waals surface area contributed by atoms with E-state index in [0.717, 1.165) is 5.56 Å². The zero-order valence-corrected chi connectivity index (χ0v) is 13.2. The van der Waals surface area contributed by atoms with Gasteiger partial charge >= 0.3 is 0 Å². The number of nitrogens with zero attached hydrogens (tertiary/aromatic N) is 2. The van der Waals surface area contributed by atoms with E-state index in [1.165, 1.54) is 7.11 Å². The lowest BCUT2D eigenvalue weighted by Gasteiger charge is -2.08. The number of hydroxylamine groups is 1. The zero-order valence-electron chi connectivity index (χ0n) is 12.4. The normalized spacial score (nSPS) is 12.1. The molecule has 2 aromatic rings. The van der Waals surface area contributed by atoms with Crippen LogP contribution in [0.5, 0.6) is 5.75 Å². The quantitative estimate of drug-likeness (QED) is 0.339. The van der Waals surface area contributed by atoms with Gasteiger partial charge in [0.1, 0.15) is 5.75 Å². The van der Waals surface area contributed by atoms with E-state index < -0.39 is 0 Å². The molecule has 0 saturated carbocycles. The van der Waals surface area contributed by atoms with Crippen LogP contribution >= 0.6 is 11.6 Å². The summed E-state index contributed by atoms with van der Waals surface area (Å²) >= 11 is 6.06. The van der Waals surface area contributed by atoms with Crippen LogP contribution in [0.15, 0.2) is 58.7 Å². The summed E-state index contributed by atoms with van der Waals surface area (Å²) in [4.78, 5) is 4.22. The Balaban J connectivity index is 2.23. The maximum Gasteiger partial charge on any atom is 0.175 e. The minimum atomic E-state index is 0.0469. The first-order chi connectivity index (χ1) is 11.2. The lowest BCUT2D eigenvalue weighted by molar-refractivity contribution is 0.235. The first kappa shape index (κ1) is 16.8. The number of ether oxygens (including phenoxy) is 1. The number of amidine groups is 1. The van der Waals surface area contributed by atoms with Gasteiger partial charge in [0.15, 0.2) is 11.5 Å². The van der Waals surface area contributed by atoms with E-state index in [1.807, 2.05) is 17.6 Å². The minimum absolute atomic E-state index is 0.0469. The van der Waals surface area contributed by atoms with Gasteiger partial charge in [-0.1, -0.05) is 53.2 Å². The van der Waals surface area contributed by atoms with E-state index in [1.54, 1.807) is 36.4 Å². The summed E-state index contributed by atoms with van der Waals surface area (Å²) in [5.74, 6) is 0.618. The summed E-state index contributed by atoms with van der Waals surface area (Å²) in [5, 5.41) is 22.2. The fourth-order valence-electron chi connectivity index (χ4n) is 1.98. The van der Waals surface area contributed by atoms with Crippen molar-refractivity contribution in [2.24, 2.45) is 10.1 Å². The largest absolute Gasteiger partial charge is 0.495 e. The molecule has 6 nitrogen and oxygen atoms in total. The van der Waals surface area contributed by atoms with Crippen LogP contribution in [0.2, 0.25) is 5.02 Å². The second-order valence-electron chi connectivity index (χ2n) is 4.56. The Bertz CT molecular complexity index is 718. The van der Waals surface area contributed by atoms with Crippen LogP contribution in [-0.4, -0.2) is 29.1 Å². The van der Waals surface area contributed by atoms with Gasteiger partial charge in [0.2, 0.25) is 0 Å². The Morgan fingerprint density at radius 3 is 2.52 bits per heavy atom. The maximum absolute atomic E-state index is 9.28. The van der Waals surface area contributed by atoms with Gasteiger partial charge in [0, 0.05) is 5.56 Å². The molecule has 0 saturated heterocycles. The molecule has 0 fully saturated rings. The van der Waals surface area contributed by atoms with Crippen LogP contribution in [0, 0.1) is 0 Å². The number of aliphatic imine (C=N–C) groups is 1. The third-order valence-corrected chi connectivity index (χ3v) is 3.41. The Hall–Kier alpha value is -2.57. The molecule has 0 atom stereocenters. The van der Waals surface area contributed by atoms with Crippen LogP contribution < -0.4 is 10.2 Å². The third-order valence-electron chi connectivity index (χ3n) is 3.11. The SMILES string of the molecule is COc1ccc(CN=C(NO)C(=NO)c2ccccc2)cc1Cl. The van der Waals surface area contributed by atoms with Crippen LogP contribution in [-0.2, 0) is 6.54 Å². The average molecular weight is 334 g/mol. The molecule has 0 unspecified atom stereocenters. The van der Waals surface area contributed by atoms with Crippen molar-refractivity contribution in [1.29, 1.82) is 0 Å². The van der Waals surface area contributed by atoms with Gasteiger partial charge < -0.3 is 9.94 Å². The highest BCUT2D eigenvalue weighted by Crippen LogP contribution is 2.25. The van der Waals surface area contributed by atoms with Gasteiger partial charge in [0.05, 0.1) is 18.7 Å². The molecule has 7 heteroatoms. The molecule has 0 aliphatic heterocycles. The van der Waals surface area contributed by atoms with Crippen LogP contribution in [0.3, 0.4) is 0 Å². The molecular weight excluding hydrogens is 318 g/mol. The summed E-state index contributed by atoms with van der Waals surface area (Å²) in [6, 6.07) is 14.2. The van der Waals surface area contributed by atoms with Gasteiger partial charge in [-0.3, -0.25) is 15.7 Å². The molecule has 120 valence electrons. The van der Waals surface area contributed by atoms with Crippen molar-refractivity contribution in [2.45, 2.75) is 6.54 Å². The molecule has 2 rings (SSSR count). The van der Waals surface area contributed by atoms with E-state index in [0.29, 0.717) is 16.3 Å². The topological polar surface area (TPSA) is 86.4 Å². The summed E-state index contributed by atoms with van der Waals surface area (Å²) < 4.78 is 5.09. The van der Waals surface area contributed by atoms with Crippen molar-refractivity contribution in [1.82, 2.24) is 5.48 Å². The molecule has 23 heavy (non-hydrogen) atoms. The monoisotopic (exact) mass is 333 g/mol. The van der Waals surface area contributed by atoms with E-state index in [4.69, 9.17) is 16.3 Å². The van der Waals surface area contributed by atoms with Gasteiger partial charge in [-0.2, -0.15) is 0 Å². The van der Waals surface area contributed by atoms with Crippen molar-refractivity contribution in [3.63, 3.8) is 0 Å². The third kappa shape index (κ3) is 4.21. The molecule has 0 heterocycles. The first-order valence-electron chi connectivity index (χ1n) is 6.74. The zero-order chi connectivity index (χ0) is 16.7. The predicted octanol–water partition coefficient (Wildman–Crippen LogP) is 3.10. The molecule has 0 radical (unpaired) electrons. The molecule has 0 aliphatic rings. The summed E-state index contributed by atoms with van der Waals surface area (Å²) in [6.45, 7) is 0.235. The van der Waals surface area contributed by atoms with Crippen molar-refractivity contribution >= 4 is 23.1 Å². The van der Waals surface area contributed by atoms with Crippen LogP contribution in [0.25, 0.3) is 0 Å². The number of halogens is 1. The molecule has 0 spiro atoms. The molecule has 0 amide bonds. The molecular formula is C16H16ClN3O3.